The fraction of sp³-hybridized carbons (Fsp3) is 0.222. The average Bonchev–Trinajstić information content (AvgIpc) is 2.89. The predicted molar refractivity (Wildman–Crippen MR) is 132 cm³/mol. The van der Waals surface area contributed by atoms with Crippen molar-refractivity contribution in [3.63, 3.8) is 0 Å². The first-order valence-corrected chi connectivity index (χ1v) is 12.1. The molecule has 0 aliphatic carbocycles. The number of esters is 1. The van der Waals surface area contributed by atoms with Crippen molar-refractivity contribution in [1.29, 1.82) is 0 Å². The molecule has 0 bridgehead atoms. The number of anilines is 1. The molecule has 1 heterocycles. The summed E-state index contributed by atoms with van der Waals surface area (Å²) in [5.74, 6) is -1.82. The normalized spacial score (nSPS) is 13.8. The lowest BCUT2D eigenvalue weighted by atomic mass is 9.96. The number of carbonyl (C=O) groups is 3. The number of carbonyl (C=O) groups excluding carboxylic acids is 3. The quantitative estimate of drug-likeness (QED) is 0.469. The Morgan fingerprint density at radius 2 is 1.57 bits per heavy atom. The van der Waals surface area contributed by atoms with E-state index in [1.165, 1.54) is 36.0 Å². The summed E-state index contributed by atoms with van der Waals surface area (Å²) >= 11 is 1.53. The highest BCUT2D eigenvalue weighted by molar-refractivity contribution is 7.99. The monoisotopic (exact) mass is 492 g/mol. The van der Waals surface area contributed by atoms with Crippen LogP contribution in [0.4, 0.5) is 10.1 Å². The Balaban J connectivity index is 1.24. The summed E-state index contributed by atoms with van der Waals surface area (Å²) < 4.78 is 18.4. The third-order valence-electron chi connectivity index (χ3n) is 5.68. The van der Waals surface area contributed by atoms with Gasteiger partial charge < -0.3 is 15.0 Å². The van der Waals surface area contributed by atoms with Gasteiger partial charge in [0.25, 0.3) is 11.8 Å². The molecule has 35 heavy (non-hydrogen) atoms. The maximum Gasteiger partial charge on any atom is 0.309 e. The van der Waals surface area contributed by atoms with Gasteiger partial charge >= 0.3 is 5.97 Å². The molecular weight excluding hydrogens is 467 g/mol. The molecule has 1 saturated heterocycles. The lowest BCUT2D eigenvalue weighted by Crippen LogP contribution is -2.41. The SMILES string of the molecule is O=C(COC(=O)C1CCN(C(=O)c2ccc(F)cc2)CC1)Nc1ccccc1Sc1ccccc1. The van der Waals surface area contributed by atoms with E-state index in [2.05, 4.69) is 5.32 Å². The maximum absolute atomic E-state index is 13.1. The second kappa shape index (κ2) is 11.7. The largest absolute Gasteiger partial charge is 0.455 e. The number of benzene rings is 3. The van der Waals surface area contributed by atoms with Crippen molar-refractivity contribution in [3.05, 3.63) is 90.2 Å². The van der Waals surface area contributed by atoms with Crippen molar-refractivity contribution in [2.24, 2.45) is 5.92 Å². The molecule has 4 rings (SSSR count). The van der Waals surface area contributed by atoms with Crippen molar-refractivity contribution >= 4 is 35.2 Å². The molecule has 0 unspecified atom stereocenters. The molecule has 0 saturated carbocycles. The van der Waals surface area contributed by atoms with Crippen molar-refractivity contribution in [2.75, 3.05) is 25.0 Å². The van der Waals surface area contributed by atoms with Gasteiger partial charge in [-0.1, -0.05) is 42.1 Å². The number of nitrogens with one attached hydrogen (secondary N) is 1. The van der Waals surface area contributed by atoms with Crippen LogP contribution in [0, 0.1) is 11.7 Å². The number of likely N-dealkylation sites (tertiary alicyclic amines) is 1. The van der Waals surface area contributed by atoms with E-state index in [9.17, 15) is 18.8 Å². The Kier molecular flexibility index (Phi) is 8.15. The number of amides is 2. The van der Waals surface area contributed by atoms with Gasteiger partial charge in [-0.2, -0.15) is 0 Å². The lowest BCUT2D eigenvalue weighted by molar-refractivity contribution is -0.152. The van der Waals surface area contributed by atoms with E-state index in [1.54, 1.807) is 11.0 Å². The molecule has 3 aromatic rings. The number of rotatable bonds is 7. The van der Waals surface area contributed by atoms with E-state index in [1.807, 2.05) is 48.5 Å². The van der Waals surface area contributed by atoms with E-state index in [0.717, 1.165) is 9.79 Å². The highest BCUT2D eigenvalue weighted by Crippen LogP contribution is 2.33. The Labute approximate surface area is 207 Å². The number of hydrogen-bond donors (Lipinski definition) is 1. The van der Waals surface area contributed by atoms with Gasteiger partial charge in [-0.3, -0.25) is 14.4 Å². The average molecular weight is 493 g/mol. The van der Waals surface area contributed by atoms with Crippen LogP contribution in [0.2, 0.25) is 0 Å². The van der Waals surface area contributed by atoms with Gasteiger partial charge in [0.1, 0.15) is 5.82 Å². The minimum atomic E-state index is -0.444. The summed E-state index contributed by atoms with van der Waals surface area (Å²) in [4.78, 5) is 41.1. The maximum atomic E-state index is 13.1. The zero-order valence-corrected chi connectivity index (χ0v) is 19.8. The molecule has 2 amide bonds. The van der Waals surface area contributed by atoms with Gasteiger partial charge in [-0.25, -0.2) is 4.39 Å². The van der Waals surface area contributed by atoms with Crippen LogP contribution in [0.25, 0.3) is 0 Å². The van der Waals surface area contributed by atoms with Crippen LogP contribution in [0.15, 0.2) is 88.7 Å². The van der Waals surface area contributed by atoms with Crippen LogP contribution in [0.1, 0.15) is 23.2 Å². The van der Waals surface area contributed by atoms with Crippen LogP contribution >= 0.6 is 11.8 Å². The van der Waals surface area contributed by atoms with Gasteiger partial charge in [0, 0.05) is 28.4 Å². The first kappa shape index (κ1) is 24.5. The van der Waals surface area contributed by atoms with Crippen molar-refractivity contribution in [2.45, 2.75) is 22.6 Å². The van der Waals surface area contributed by atoms with Gasteiger partial charge in [-0.05, 0) is 61.4 Å². The standard InChI is InChI=1S/C27H25FN2O4S/c28-21-12-10-19(11-13-21)26(32)30-16-14-20(15-17-30)27(33)34-18-25(31)29-23-8-4-5-9-24(23)35-22-6-2-1-3-7-22/h1-13,20H,14-18H2,(H,29,31). The molecule has 6 nitrogen and oxygen atoms in total. The van der Waals surface area contributed by atoms with E-state index in [0.29, 0.717) is 37.2 Å². The topological polar surface area (TPSA) is 75.7 Å². The van der Waals surface area contributed by atoms with Crippen LogP contribution in [-0.4, -0.2) is 42.4 Å². The Morgan fingerprint density at radius 3 is 2.29 bits per heavy atom. The fourth-order valence-electron chi connectivity index (χ4n) is 3.81. The number of ether oxygens (including phenoxy) is 1. The molecule has 1 fully saturated rings. The summed E-state index contributed by atoms with van der Waals surface area (Å²) in [5, 5.41) is 2.82. The van der Waals surface area contributed by atoms with Crippen LogP contribution in [0.3, 0.4) is 0 Å². The predicted octanol–water partition coefficient (Wildman–Crippen LogP) is 5.01. The summed E-state index contributed by atoms with van der Waals surface area (Å²) in [6.45, 7) is 0.413. The zero-order chi connectivity index (χ0) is 24.6. The fourth-order valence-corrected chi connectivity index (χ4v) is 4.73. The Hall–Kier alpha value is -3.65. The third-order valence-corrected chi connectivity index (χ3v) is 6.77. The Morgan fingerprint density at radius 1 is 0.914 bits per heavy atom. The lowest BCUT2D eigenvalue weighted by Gasteiger charge is -2.31. The van der Waals surface area contributed by atoms with Gasteiger partial charge in [0.2, 0.25) is 0 Å². The van der Waals surface area contributed by atoms with Crippen molar-refractivity contribution < 1.29 is 23.5 Å². The minimum absolute atomic E-state index is 0.191. The Bertz CT molecular complexity index is 1180. The first-order chi connectivity index (χ1) is 17.0. The van der Waals surface area contributed by atoms with Crippen LogP contribution < -0.4 is 5.32 Å². The molecule has 3 aromatic carbocycles. The highest BCUT2D eigenvalue weighted by Gasteiger charge is 2.29. The number of piperidine rings is 1. The first-order valence-electron chi connectivity index (χ1n) is 11.3. The summed E-state index contributed by atoms with van der Waals surface area (Å²) in [6, 6.07) is 22.7. The molecule has 8 heteroatoms. The van der Waals surface area contributed by atoms with Crippen LogP contribution in [-0.2, 0) is 14.3 Å². The summed E-state index contributed by atoms with van der Waals surface area (Å²) in [6.07, 6.45) is 0.897. The molecule has 1 aliphatic rings. The molecule has 0 aromatic heterocycles. The number of nitrogens with zero attached hydrogens (tertiary/aromatic N) is 1. The van der Waals surface area contributed by atoms with Gasteiger partial charge in [0.05, 0.1) is 11.6 Å². The third kappa shape index (κ3) is 6.70. The number of para-hydroxylation sites is 1. The molecule has 1 aliphatic heterocycles. The summed E-state index contributed by atoms with van der Waals surface area (Å²) in [7, 11) is 0. The zero-order valence-electron chi connectivity index (χ0n) is 19.0. The molecule has 0 atom stereocenters. The molecular formula is C27H25FN2O4S. The molecule has 0 radical (unpaired) electrons. The number of halogens is 1. The van der Waals surface area contributed by atoms with Crippen molar-refractivity contribution in [1.82, 2.24) is 4.90 Å². The van der Waals surface area contributed by atoms with Crippen molar-refractivity contribution in [3.8, 4) is 0 Å². The smallest absolute Gasteiger partial charge is 0.309 e. The van der Waals surface area contributed by atoms with E-state index in [-0.39, 0.29) is 18.4 Å². The van der Waals surface area contributed by atoms with Gasteiger partial charge in [0.15, 0.2) is 6.61 Å². The highest BCUT2D eigenvalue weighted by atomic mass is 32.2. The van der Waals surface area contributed by atoms with Gasteiger partial charge in [-0.15, -0.1) is 0 Å². The van der Waals surface area contributed by atoms with E-state index >= 15 is 0 Å². The second-order valence-electron chi connectivity index (χ2n) is 8.14. The molecule has 1 N–H and O–H groups in total. The van der Waals surface area contributed by atoms with E-state index in [4.69, 9.17) is 4.74 Å². The van der Waals surface area contributed by atoms with E-state index < -0.39 is 17.7 Å². The minimum Gasteiger partial charge on any atom is -0.455 e. The number of hydrogen-bond acceptors (Lipinski definition) is 5. The molecule has 180 valence electrons. The molecule has 0 spiro atoms. The second-order valence-corrected chi connectivity index (χ2v) is 9.26. The van der Waals surface area contributed by atoms with Crippen LogP contribution in [0.5, 0.6) is 0 Å². The summed E-state index contributed by atoms with van der Waals surface area (Å²) in [5.41, 5.74) is 1.06.